The van der Waals surface area contributed by atoms with Gasteiger partial charge in [0, 0.05) is 21.5 Å². The Bertz CT molecular complexity index is 1580. The highest BCUT2D eigenvalue weighted by atomic mass is 32.1. The van der Waals surface area contributed by atoms with Gasteiger partial charge in [0.25, 0.3) is 11.8 Å². The van der Waals surface area contributed by atoms with E-state index in [9.17, 15) is 32.7 Å². The molecule has 3 aromatic carbocycles. The number of fused-ring (bicyclic) bond motifs is 1. The van der Waals surface area contributed by atoms with Gasteiger partial charge in [-0.25, -0.2) is 9.59 Å². The second kappa shape index (κ2) is 12.1. The van der Waals surface area contributed by atoms with E-state index in [0.29, 0.717) is 16.1 Å². The number of hydrogen-bond acceptors (Lipinski definition) is 6. The number of hydrogen-bond donors (Lipinski definition) is 6. The van der Waals surface area contributed by atoms with Crippen LogP contribution in [0.2, 0.25) is 0 Å². The highest BCUT2D eigenvalue weighted by molar-refractivity contribution is 7.20. The van der Waals surface area contributed by atoms with Crippen LogP contribution < -0.4 is 16.4 Å². The fourth-order valence-electron chi connectivity index (χ4n) is 3.19. The van der Waals surface area contributed by atoms with E-state index in [1.807, 2.05) is 24.3 Å². The number of amides is 2. The SMILES string of the molecule is N=C(N)c1ccc(NC(=O)c2ccc(C(=O)O)c(NC(=O)c3cc4ccccc4s3)c2)cc1.O=C(O)C(F)(F)F. The molecule has 0 spiro atoms. The number of halogens is 3. The number of carboxylic acid groups (broad SMARTS) is 2. The Labute approximate surface area is 227 Å². The van der Waals surface area contributed by atoms with Crippen LogP contribution >= 0.6 is 11.3 Å². The molecule has 0 saturated carbocycles. The third kappa shape index (κ3) is 7.41. The molecule has 0 aliphatic rings. The van der Waals surface area contributed by atoms with Gasteiger partial charge in [0.1, 0.15) is 5.84 Å². The third-order valence-electron chi connectivity index (χ3n) is 5.11. The zero-order valence-corrected chi connectivity index (χ0v) is 20.9. The summed E-state index contributed by atoms with van der Waals surface area (Å²) in [5.74, 6) is -5.02. The average molecular weight is 573 g/mol. The summed E-state index contributed by atoms with van der Waals surface area (Å²) in [4.78, 5) is 46.5. The fraction of sp³-hybridized carbons (Fsp3) is 0.0385. The molecule has 1 aromatic heterocycles. The van der Waals surface area contributed by atoms with Gasteiger partial charge in [0.05, 0.1) is 16.1 Å². The Morgan fingerprint density at radius 1 is 0.825 bits per heavy atom. The quantitative estimate of drug-likeness (QED) is 0.138. The minimum absolute atomic E-state index is 0.0181. The molecular weight excluding hydrogens is 553 g/mol. The molecule has 0 fully saturated rings. The molecule has 0 unspecified atom stereocenters. The number of amidine groups is 1. The van der Waals surface area contributed by atoms with Crippen LogP contribution in [0.15, 0.2) is 72.8 Å². The van der Waals surface area contributed by atoms with Gasteiger partial charge >= 0.3 is 18.1 Å². The van der Waals surface area contributed by atoms with Crippen molar-refractivity contribution < 1.29 is 42.6 Å². The molecule has 40 heavy (non-hydrogen) atoms. The summed E-state index contributed by atoms with van der Waals surface area (Å²) in [5, 5.41) is 30.3. The maximum absolute atomic E-state index is 12.8. The molecule has 2 amide bonds. The lowest BCUT2D eigenvalue weighted by Gasteiger charge is -2.11. The summed E-state index contributed by atoms with van der Waals surface area (Å²) < 4.78 is 32.7. The zero-order valence-electron chi connectivity index (χ0n) is 20.1. The summed E-state index contributed by atoms with van der Waals surface area (Å²) in [6.45, 7) is 0. The lowest BCUT2D eigenvalue weighted by Crippen LogP contribution is -2.21. The number of alkyl halides is 3. The number of carbonyl (C=O) groups is 4. The lowest BCUT2D eigenvalue weighted by atomic mass is 10.1. The molecule has 1 heterocycles. The van der Waals surface area contributed by atoms with Crippen LogP contribution in [0.1, 0.15) is 36.0 Å². The van der Waals surface area contributed by atoms with E-state index in [-0.39, 0.29) is 22.6 Å². The maximum Gasteiger partial charge on any atom is 0.490 e. The molecule has 4 rings (SSSR count). The second-order valence-corrected chi connectivity index (χ2v) is 9.00. The van der Waals surface area contributed by atoms with Gasteiger partial charge in [-0.15, -0.1) is 11.3 Å². The van der Waals surface area contributed by atoms with E-state index in [1.54, 1.807) is 30.3 Å². The summed E-state index contributed by atoms with van der Waals surface area (Å²) in [7, 11) is 0. The van der Waals surface area contributed by atoms with E-state index in [1.165, 1.54) is 29.5 Å². The van der Waals surface area contributed by atoms with Gasteiger partial charge < -0.3 is 26.6 Å². The number of aliphatic carboxylic acids is 1. The first-order valence-electron chi connectivity index (χ1n) is 11.0. The molecule has 0 aliphatic heterocycles. The van der Waals surface area contributed by atoms with Gasteiger partial charge in [-0.05, 0) is 60.0 Å². The standard InChI is InChI=1S/C24H18N4O4S.C2HF3O2/c25-21(26)13-5-8-16(9-6-13)27-22(29)15-7-10-17(24(31)32)18(11-15)28-23(30)20-12-14-3-1-2-4-19(14)33-20;3-2(4,5)1(6)7/h1-12H,(H3,25,26)(H,27,29)(H,28,30)(H,31,32);(H,6,7). The molecule has 0 atom stereocenters. The van der Waals surface area contributed by atoms with Crippen LogP contribution in [-0.4, -0.2) is 46.0 Å². The van der Waals surface area contributed by atoms with Crippen molar-refractivity contribution in [2.75, 3.05) is 10.6 Å². The molecule has 4 aromatic rings. The summed E-state index contributed by atoms with van der Waals surface area (Å²) in [5.41, 5.74) is 6.48. The molecule has 0 bridgehead atoms. The number of nitrogen functional groups attached to an aromatic ring is 1. The summed E-state index contributed by atoms with van der Waals surface area (Å²) in [6, 6.07) is 19.6. The largest absolute Gasteiger partial charge is 0.490 e. The Kier molecular flexibility index (Phi) is 8.86. The van der Waals surface area contributed by atoms with E-state index >= 15 is 0 Å². The molecule has 0 aliphatic carbocycles. The molecule has 14 heteroatoms. The first-order valence-corrected chi connectivity index (χ1v) is 11.8. The molecule has 206 valence electrons. The molecule has 0 radical (unpaired) electrons. The first-order chi connectivity index (χ1) is 18.8. The van der Waals surface area contributed by atoms with Crippen molar-refractivity contribution in [2.24, 2.45) is 5.73 Å². The summed E-state index contributed by atoms with van der Waals surface area (Å²) >= 11 is 1.29. The van der Waals surface area contributed by atoms with Gasteiger partial charge in [0.2, 0.25) is 0 Å². The molecule has 0 saturated heterocycles. The summed E-state index contributed by atoms with van der Waals surface area (Å²) in [6.07, 6.45) is -5.08. The van der Waals surface area contributed by atoms with Crippen molar-refractivity contribution in [3.63, 3.8) is 0 Å². The van der Waals surface area contributed by atoms with Crippen molar-refractivity contribution >= 4 is 62.4 Å². The lowest BCUT2D eigenvalue weighted by molar-refractivity contribution is -0.192. The van der Waals surface area contributed by atoms with Crippen LogP contribution in [-0.2, 0) is 4.79 Å². The normalized spacial score (nSPS) is 10.7. The highest BCUT2D eigenvalue weighted by Gasteiger charge is 2.38. The number of rotatable bonds is 6. The smallest absolute Gasteiger partial charge is 0.478 e. The Balaban J connectivity index is 0.000000559. The third-order valence-corrected chi connectivity index (χ3v) is 6.22. The predicted octanol–water partition coefficient (Wildman–Crippen LogP) is 5.02. The number of anilines is 2. The highest BCUT2D eigenvalue weighted by Crippen LogP contribution is 2.27. The number of nitrogens with two attached hydrogens (primary N) is 1. The number of nitrogens with one attached hydrogen (secondary N) is 3. The monoisotopic (exact) mass is 572 g/mol. The number of carboxylic acids is 2. The van der Waals surface area contributed by atoms with Crippen LogP contribution in [0.4, 0.5) is 24.5 Å². The Morgan fingerprint density at radius 2 is 1.43 bits per heavy atom. The number of benzene rings is 3. The zero-order chi connectivity index (χ0) is 29.6. The van der Waals surface area contributed by atoms with Gasteiger partial charge in [0.15, 0.2) is 0 Å². The van der Waals surface area contributed by atoms with E-state index in [4.69, 9.17) is 21.0 Å². The van der Waals surface area contributed by atoms with Gasteiger partial charge in [-0.3, -0.25) is 15.0 Å². The maximum atomic E-state index is 12.8. The predicted molar refractivity (Wildman–Crippen MR) is 142 cm³/mol. The number of carbonyl (C=O) groups excluding carboxylic acids is 2. The minimum atomic E-state index is -5.08. The van der Waals surface area contributed by atoms with E-state index < -0.39 is 29.9 Å². The second-order valence-electron chi connectivity index (χ2n) is 7.92. The van der Waals surface area contributed by atoms with E-state index in [0.717, 1.165) is 10.1 Å². The Hall–Kier alpha value is -5.24. The van der Waals surface area contributed by atoms with Crippen LogP contribution in [0.3, 0.4) is 0 Å². The first kappa shape index (κ1) is 29.3. The van der Waals surface area contributed by atoms with Crippen molar-refractivity contribution in [1.82, 2.24) is 0 Å². The van der Waals surface area contributed by atoms with E-state index in [2.05, 4.69) is 10.6 Å². The Morgan fingerprint density at radius 3 is 1.98 bits per heavy atom. The fourth-order valence-corrected chi connectivity index (χ4v) is 4.15. The van der Waals surface area contributed by atoms with Crippen LogP contribution in [0, 0.1) is 5.41 Å². The van der Waals surface area contributed by atoms with Crippen molar-refractivity contribution in [3.8, 4) is 0 Å². The van der Waals surface area contributed by atoms with Crippen molar-refractivity contribution in [3.05, 3.63) is 94.4 Å². The minimum Gasteiger partial charge on any atom is -0.478 e. The van der Waals surface area contributed by atoms with Crippen LogP contribution in [0.5, 0.6) is 0 Å². The van der Waals surface area contributed by atoms with Gasteiger partial charge in [-0.1, -0.05) is 18.2 Å². The topological polar surface area (TPSA) is 183 Å². The van der Waals surface area contributed by atoms with Crippen LogP contribution in [0.25, 0.3) is 10.1 Å². The molecule has 10 nitrogen and oxygen atoms in total. The van der Waals surface area contributed by atoms with Gasteiger partial charge in [-0.2, -0.15) is 13.2 Å². The van der Waals surface area contributed by atoms with Crippen molar-refractivity contribution in [1.29, 1.82) is 5.41 Å². The average Bonchev–Trinajstić information content (AvgIpc) is 3.33. The molecular formula is C26H19F3N4O6S. The van der Waals surface area contributed by atoms with Crippen molar-refractivity contribution in [2.45, 2.75) is 6.18 Å². The number of aromatic carboxylic acids is 1. The number of thiophene rings is 1. The molecule has 7 N–H and O–H groups in total.